The van der Waals surface area contributed by atoms with Crippen molar-refractivity contribution in [3.05, 3.63) is 34.6 Å². The zero-order chi connectivity index (χ0) is 14.8. The van der Waals surface area contributed by atoms with Crippen LogP contribution < -0.4 is 5.32 Å². The Bertz CT molecular complexity index is 503. The van der Waals surface area contributed by atoms with Crippen molar-refractivity contribution in [2.75, 3.05) is 19.6 Å². The van der Waals surface area contributed by atoms with Gasteiger partial charge >= 0.3 is 0 Å². The molecule has 114 valence electrons. The minimum absolute atomic E-state index is 0.0107. The summed E-state index contributed by atoms with van der Waals surface area (Å²) in [7, 11) is 0. The van der Waals surface area contributed by atoms with Crippen LogP contribution in [0.4, 0.5) is 4.39 Å². The van der Waals surface area contributed by atoms with E-state index in [1.807, 2.05) is 0 Å². The summed E-state index contributed by atoms with van der Waals surface area (Å²) in [5.41, 5.74) is 0.0107. The van der Waals surface area contributed by atoms with Gasteiger partial charge in [-0.2, -0.15) is 0 Å². The second-order valence-corrected chi connectivity index (χ2v) is 6.34. The van der Waals surface area contributed by atoms with E-state index in [0.717, 1.165) is 19.4 Å². The molecule has 1 aromatic carbocycles. The van der Waals surface area contributed by atoms with Crippen LogP contribution in [0.15, 0.2) is 18.2 Å². The number of nitrogens with one attached hydrogen (secondary N) is 1. The maximum absolute atomic E-state index is 13.8. The molecule has 21 heavy (non-hydrogen) atoms. The summed E-state index contributed by atoms with van der Waals surface area (Å²) in [5, 5.41) is 3.73. The Balaban J connectivity index is 1.65. The molecule has 1 atom stereocenters. The molecule has 0 radical (unpaired) electrons. The van der Waals surface area contributed by atoms with Gasteiger partial charge in [-0.15, -0.1) is 0 Å². The molecule has 1 unspecified atom stereocenters. The number of benzene rings is 1. The van der Waals surface area contributed by atoms with Gasteiger partial charge in [-0.05, 0) is 50.3 Å². The average Bonchev–Trinajstić information content (AvgIpc) is 3.01. The summed E-state index contributed by atoms with van der Waals surface area (Å²) in [6.45, 7) is 2.48. The van der Waals surface area contributed by atoms with E-state index in [1.165, 1.54) is 25.0 Å². The van der Waals surface area contributed by atoms with Gasteiger partial charge in [0.05, 0.1) is 10.6 Å². The van der Waals surface area contributed by atoms with Crippen LogP contribution in [0, 0.1) is 11.7 Å². The van der Waals surface area contributed by atoms with E-state index in [1.54, 1.807) is 11.0 Å². The fourth-order valence-electron chi connectivity index (χ4n) is 3.48. The van der Waals surface area contributed by atoms with Crippen LogP contribution in [-0.4, -0.2) is 36.5 Å². The normalized spacial score (nSPS) is 23.5. The van der Waals surface area contributed by atoms with Crippen molar-refractivity contribution in [3.8, 4) is 0 Å². The van der Waals surface area contributed by atoms with Crippen LogP contribution >= 0.6 is 11.6 Å². The van der Waals surface area contributed by atoms with Gasteiger partial charge in [0.15, 0.2) is 0 Å². The minimum Gasteiger partial charge on any atom is -0.338 e. The molecule has 2 heterocycles. The lowest BCUT2D eigenvalue weighted by Gasteiger charge is -2.35. The topological polar surface area (TPSA) is 32.3 Å². The van der Waals surface area contributed by atoms with Gasteiger partial charge in [-0.3, -0.25) is 4.79 Å². The molecular formula is C16H20ClFN2O. The van der Waals surface area contributed by atoms with Crippen molar-refractivity contribution in [1.29, 1.82) is 0 Å². The summed E-state index contributed by atoms with van der Waals surface area (Å²) in [6.07, 6.45) is 4.44. The Hall–Kier alpha value is -1.13. The van der Waals surface area contributed by atoms with Gasteiger partial charge < -0.3 is 10.2 Å². The van der Waals surface area contributed by atoms with E-state index >= 15 is 0 Å². The Morgan fingerprint density at radius 1 is 1.29 bits per heavy atom. The fraction of sp³-hybridized carbons (Fsp3) is 0.562. The molecule has 0 aromatic heterocycles. The van der Waals surface area contributed by atoms with Crippen LogP contribution in [0.3, 0.4) is 0 Å². The molecule has 1 N–H and O–H groups in total. The number of hydrogen-bond acceptors (Lipinski definition) is 2. The molecule has 0 bridgehead atoms. The average molecular weight is 311 g/mol. The quantitative estimate of drug-likeness (QED) is 0.910. The Kier molecular flexibility index (Phi) is 4.45. The highest BCUT2D eigenvalue weighted by atomic mass is 35.5. The lowest BCUT2D eigenvalue weighted by atomic mass is 9.88. The number of piperidine rings is 1. The lowest BCUT2D eigenvalue weighted by molar-refractivity contribution is 0.0670. The predicted octanol–water partition coefficient (Wildman–Crippen LogP) is 3.08. The van der Waals surface area contributed by atoms with Crippen molar-refractivity contribution in [2.24, 2.45) is 5.92 Å². The third kappa shape index (κ3) is 3.06. The summed E-state index contributed by atoms with van der Waals surface area (Å²) >= 11 is 5.98. The molecule has 1 amide bonds. The van der Waals surface area contributed by atoms with Gasteiger partial charge in [0.1, 0.15) is 5.82 Å². The highest BCUT2D eigenvalue weighted by Crippen LogP contribution is 2.28. The van der Waals surface area contributed by atoms with Crippen molar-refractivity contribution >= 4 is 17.5 Å². The summed E-state index contributed by atoms with van der Waals surface area (Å²) in [5.74, 6) is -0.185. The smallest absolute Gasteiger partial charge is 0.258 e. The van der Waals surface area contributed by atoms with Gasteiger partial charge in [-0.1, -0.05) is 17.7 Å². The van der Waals surface area contributed by atoms with Gasteiger partial charge in [0.2, 0.25) is 0 Å². The summed E-state index contributed by atoms with van der Waals surface area (Å²) < 4.78 is 13.8. The van der Waals surface area contributed by atoms with Crippen LogP contribution in [0.25, 0.3) is 0 Å². The molecule has 3 nitrogen and oxygen atoms in total. The monoisotopic (exact) mass is 310 g/mol. The number of carbonyl (C=O) groups excluding carboxylic acids is 1. The summed E-state index contributed by atoms with van der Waals surface area (Å²) in [4.78, 5) is 14.2. The number of halogens is 2. The van der Waals surface area contributed by atoms with Crippen LogP contribution in [0.1, 0.15) is 36.0 Å². The first-order valence-electron chi connectivity index (χ1n) is 7.63. The maximum atomic E-state index is 13.8. The number of likely N-dealkylation sites (tertiary alicyclic amines) is 1. The molecule has 0 spiro atoms. The number of hydrogen-bond donors (Lipinski definition) is 1. The van der Waals surface area contributed by atoms with Crippen molar-refractivity contribution in [3.63, 3.8) is 0 Å². The zero-order valence-corrected chi connectivity index (χ0v) is 12.7. The van der Waals surface area contributed by atoms with Crippen molar-refractivity contribution < 1.29 is 9.18 Å². The molecule has 1 aromatic rings. The molecule has 2 aliphatic heterocycles. The molecular weight excluding hydrogens is 291 g/mol. The third-order valence-electron chi connectivity index (χ3n) is 4.67. The van der Waals surface area contributed by atoms with E-state index in [9.17, 15) is 9.18 Å². The van der Waals surface area contributed by atoms with Gasteiger partial charge in [-0.25, -0.2) is 4.39 Å². The third-order valence-corrected chi connectivity index (χ3v) is 4.99. The van der Waals surface area contributed by atoms with E-state index < -0.39 is 5.82 Å². The van der Waals surface area contributed by atoms with Crippen LogP contribution in [0.5, 0.6) is 0 Å². The molecule has 0 saturated carbocycles. The minimum atomic E-state index is -0.535. The second kappa shape index (κ2) is 6.32. The van der Waals surface area contributed by atoms with Crippen LogP contribution in [0.2, 0.25) is 5.02 Å². The Labute approximate surface area is 129 Å². The van der Waals surface area contributed by atoms with Gasteiger partial charge in [0.25, 0.3) is 5.91 Å². The first-order chi connectivity index (χ1) is 10.2. The Morgan fingerprint density at radius 2 is 2.05 bits per heavy atom. The van der Waals surface area contributed by atoms with E-state index in [-0.39, 0.29) is 16.5 Å². The van der Waals surface area contributed by atoms with Crippen LogP contribution in [-0.2, 0) is 0 Å². The predicted molar refractivity (Wildman–Crippen MR) is 81.1 cm³/mol. The first kappa shape index (κ1) is 14.8. The summed E-state index contributed by atoms with van der Waals surface area (Å²) in [6, 6.07) is 4.97. The maximum Gasteiger partial charge on any atom is 0.258 e. The Morgan fingerprint density at radius 3 is 2.67 bits per heavy atom. The molecule has 5 heteroatoms. The standard InChI is InChI=1S/C16H20ClFN2O/c17-12-3-1-4-13(18)15(12)16(21)20-9-6-11(7-10-20)14-5-2-8-19-14/h1,3-4,11,14,19H,2,5-10H2. The largest absolute Gasteiger partial charge is 0.338 e. The first-order valence-corrected chi connectivity index (χ1v) is 8.01. The molecule has 2 aliphatic rings. The van der Waals surface area contributed by atoms with Crippen molar-refractivity contribution in [2.45, 2.75) is 31.7 Å². The highest BCUT2D eigenvalue weighted by Gasteiger charge is 2.31. The molecule has 2 fully saturated rings. The second-order valence-electron chi connectivity index (χ2n) is 5.93. The number of nitrogens with zero attached hydrogens (tertiary/aromatic N) is 1. The molecule has 3 rings (SSSR count). The zero-order valence-electron chi connectivity index (χ0n) is 11.9. The van der Waals surface area contributed by atoms with Crippen molar-refractivity contribution in [1.82, 2.24) is 10.2 Å². The highest BCUT2D eigenvalue weighted by molar-refractivity contribution is 6.33. The fourth-order valence-corrected chi connectivity index (χ4v) is 3.72. The SMILES string of the molecule is O=C(c1c(F)cccc1Cl)N1CCC(C2CCCN2)CC1. The van der Waals surface area contributed by atoms with Gasteiger partial charge in [0, 0.05) is 19.1 Å². The van der Waals surface area contributed by atoms with E-state index in [0.29, 0.717) is 25.0 Å². The number of rotatable bonds is 2. The van der Waals surface area contributed by atoms with E-state index in [2.05, 4.69) is 5.32 Å². The number of amides is 1. The molecule has 2 saturated heterocycles. The lowest BCUT2D eigenvalue weighted by Crippen LogP contribution is -2.43. The number of carbonyl (C=O) groups is 1. The van der Waals surface area contributed by atoms with E-state index in [4.69, 9.17) is 11.6 Å². The molecule has 0 aliphatic carbocycles.